The fraction of sp³-hybridized carbons (Fsp3) is 0.176. The van der Waals surface area contributed by atoms with Gasteiger partial charge in [-0.05, 0) is 22.7 Å². The highest BCUT2D eigenvalue weighted by molar-refractivity contribution is 6.07. The van der Waals surface area contributed by atoms with Crippen LogP contribution < -0.4 is 0 Å². The van der Waals surface area contributed by atoms with Crippen LogP contribution in [0.25, 0.3) is 0 Å². The van der Waals surface area contributed by atoms with Gasteiger partial charge in [0, 0.05) is 11.6 Å². The van der Waals surface area contributed by atoms with E-state index in [9.17, 15) is 9.59 Å². The molecule has 0 spiro atoms. The number of nitrogens with zero attached hydrogens (tertiary/aromatic N) is 2. The van der Waals surface area contributed by atoms with Crippen molar-refractivity contribution < 1.29 is 14.3 Å². The van der Waals surface area contributed by atoms with Crippen molar-refractivity contribution in [2.45, 2.75) is 19.8 Å². The Morgan fingerprint density at radius 1 is 0.905 bits per heavy atom. The predicted molar refractivity (Wildman–Crippen MR) is 78.0 cm³/mol. The summed E-state index contributed by atoms with van der Waals surface area (Å²) >= 11 is 0. The van der Waals surface area contributed by atoms with Crippen LogP contribution in [0.3, 0.4) is 0 Å². The highest BCUT2D eigenvalue weighted by atomic mass is 16.2. The van der Waals surface area contributed by atoms with Crippen LogP contribution in [-0.2, 0) is 0 Å². The Morgan fingerprint density at radius 3 is 2.24 bits per heavy atom. The molecule has 104 valence electrons. The molecule has 0 saturated heterocycles. The van der Waals surface area contributed by atoms with Crippen molar-refractivity contribution in [1.29, 1.82) is 0 Å². The molecule has 0 fully saturated rings. The molecule has 21 heavy (non-hydrogen) atoms. The van der Waals surface area contributed by atoms with Crippen molar-refractivity contribution >= 4 is 17.5 Å². The number of para-hydroxylation sites is 1. The van der Waals surface area contributed by atoms with E-state index in [1.807, 2.05) is 38.1 Å². The lowest BCUT2D eigenvalue weighted by atomic mass is 9.99. The Balaban J connectivity index is 2.18. The van der Waals surface area contributed by atoms with Crippen LogP contribution in [0.15, 0.2) is 53.6 Å². The van der Waals surface area contributed by atoms with E-state index in [2.05, 4.69) is 5.11 Å². The summed E-state index contributed by atoms with van der Waals surface area (Å²) in [4.78, 5) is 24.8. The average Bonchev–Trinajstić information content (AvgIpc) is 2.51. The number of carbonyl (C=O) groups excluding carboxylic acids is 2. The Bertz CT molecular complexity index is 776. The highest BCUT2D eigenvalue weighted by Crippen LogP contribution is 2.30. The summed E-state index contributed by atoms with van der Waals surface area (Å²) in [6.07, 6.45) is 0. The zero-order valence-electron chi connectivity index (χ0n) is 11.9. The molecule has 3 rings (SSSR count). The molecule has 0 saturated carbocycles. The molecule has 0 radical (unpaired) electrons. The van der Waals surface area contributed by atoms with E-state index in [1.54, 1.807) is 24.3 Å². The Kier molecular flexibility index (Phi) is 3.22. The Morgan fingerprint density at radius 2 is 1.52 bits per heavy atom. The van der Waals surface area contributed by atoms with Crippen molar-refractivity contribution in [3.63, 3.8) is 0 Å². The fourth-order valence-corrected chi connectivity index (χ4v) is 2.49. The van der Waals surface area contributed by atoms with E-state index in [0.29, 0.717) is 16.8 Å². The SMILES string of the molecule is CC(C)c1ccccc1[N+]1=NC(=O)c2ccccc2C1=O. The summed E-state index contributed by atoms with van der Waals surface area (Å²) in [5, 5.41) is 3.96. The molecule has 0 aliphatic carbocycles. The maximum absolute atomic E-state index is 12.6. The largest absolute Gasteiger partial charge is 0.451 e. The molecule has 4 nitrogen and oxygen atoms in total. The Hall–Kier alpha value is -2.62. The van der Waals surface area contributed by atoms with Gasteiger partial charge in [0.05, 0.1) is 10.7 Å². The van der Waals surface area contributed by atoms with Crippen LogP contribution >= 0.6 is 0 Å². The van der Waals surface area contributed by atoms with Crippen LogP contribution in [0.2, 0.25) is 0 Å². The Labute approximate surface area is 122 Å². The van der Waals surface area contributed by atoms with Crippen LogP contribution in [-0.4, -0.2) is 16.5 Å². The molecule has 0 bridgehead atoms. The zero-order chi connectivity index (χ0) is 15.0. The van der Waals surface area contributed by atoms with Gasteiger partial charge in [-0.2, -0.15) is 0 Å². The van der Waals surface area contributed by atoms with Gasteiger partial charge >= 0.3 is 11.8 Å². The van der Waals surface area contributed by atoms with Gasteiger partial charge in [0.2, 0.25) is 5.69 Å². The number of fused-ring (bicyclic) bond motifs is 1. The molecule has 0 unspecified atom stereocenters. The van der Waals surface area contributed by atoms with E-state index in [1.165, 1.54) is 4.70 Å². The van der Waals surface area contributed by atoms with Crippen molar-refractivity contribution in [3.8, 4) is 0 Å². The van der Waals surface area contributed by atoms with Crippen molar-refractivity contribution in [2.24, 2.45) is 5.11 Å². The minimum atomic E-state index is -0.385. The van der Waals surface area contributed by atoms with E-state index in [4.69, 9.17) is 0 Å². The van der Waals surface area contributed by atoms with E-state index >= 15 is 0 Å². The summed E-state index contributed by atoms with van der Waals surface area (Å²) in [6.45, 7) is 4.09. The summed E-state index contributed by atoms with van der Waals surface area (Å²) in [5.74, 6) is -0.418. The highest BCUT2D eigenvalue weighted by Gasteiger charge is 2.37. The number of azo groups is 2. The lowest BCUT2D eigenvalue weighted by Gasteiger charge is -2.11. The first kappa shape index (κ1) is 13.4. The predicted octanol–water partition coefficient (Wildman–Crippen LogP) is 3.90. The number of hydrogen-bond donors (Lipinski definition) is 0. The van der Waals surface area contributed by atoms with Crippen LogP contribution in [0, 0.1) is 0 Å². The summed E-state index contributed by atoms with van der Waals surface area (Å²) < 4.78 is 1.22. The molecule has 0 N–H and O–H groups in total. The molecular weight excluding hydrogens is 264 g/mol. The number of hydrogen-bond acceptors (Lipinski definition) is 2. The van der Waals surface area contributed by atoms with Gasteiger partial charge in [0.15, 0.2) is 0 Å². The standard InChI is InChI=1S/C17H15N2O2/c1-11(2)12-7-5-6-10-15(12)19-17(21)14-9-4-3-8-13(14)16(20)18-19/h3-11H,1-2H3/q+1. The monoisotopic (exact) mass is 279 g/mol. The van der Waals surface area contributed by atoms with Gasteiger partial charge in [-0.1, -0.05) is 44.2 Å². The second-order valence-electron chi connectivity index (χ2n) is 5.28. The quantitative estimate of drug-likeness (QED) is 0.783. The van der Waals surface area contributed by atoms with E-state index < -0.39 is 0 Å². The first-order chi connectivity index (χ1) is 10.1. The molecule has 2 amide bonds. The molecule has 1 heterocycles. The normalized spacial score (nSPS) is 14.1. The van der Waals surface area contributed by atoms with Gasteiger partial charge in [-0.15, -0.1) is 0 Å². The average molecular weight is 279 g/mol. The van der Waals surface area contributed by atoms with Crippen molar-refractivity contribution in [1.82, 2.24) is 0 Å². The lowest BCUT2D eigenvalue weighted by molar-refractivity contribution is -0.408. The van der Waals surface area contributed by atoms with Crippen molar-refractivity contribution in [2.75, 3.05) is 0 Å². The molecule has 2 aromatic carbocycles. The molecule has 2 aromatic rings. The van der Waals surface area contributed by atoms with Gasteiger partial charge in [-0.3, -0.25) is 4.79 Å². The minimum Gasteiger partial charge on any atom is -0.260 e. The van der Waals surface area contributed by atoms with Crippen LogP contribution in [0.4, 0.5) is 5.69 Å². The third-order valence-electron chi connectivity index (χ3n) is 3.56. The second-order valence-corrected chi connectivity index (χ2v) is 5.28. The van der Waals surface area contributed by atoms with E-state index in [0.717, 1.165) is 5.56 Å². The maximum atomic E-state index is 12.6. The number of rotatable bonds is 2. The lowest BCUT2D eigenvalue weighted by Crippen LogP contribution is -2.25. The third-order valence-corrected chi connectivity index (χ3v) is 3.56. The number of benzene rings is 2. The summed E-state index contributed by atoms with van der Waals surface area (Å²) in [6, 6.07) is 14.3. The zero-order valence-corrected chi connectivity index (χ0v) is 11.9. The summed E-state index contributed by atoms with van der Waals surface area (Å²) in [5.41, 5.74) is 2.42. The second kappa shape index (κ2) is 5.05. The van der Waals surface area contributed by atoms with Gasteiger partial charge in [0.1, 0.15) is 5.56 Å². The van der Waals surface area contributed by atoms with Crippen LogP contribution in [0.5, 0.6) is 0 Å². The molecule has 4 heteroatoms. The minimum absolute atomic E-state index is 0.233. The smallest absolute Gasteiger partial charge is 0.260 e. The fourth-order valence-electron chi connectivity index (χ4n) is 2.49. The first-order valence-electron chi connectivity index (χ1n) is 6.88. The molecule has 0 aromatic heterocycles. The van der Waals surface area contributed by atoms with Gasteiger partial charge in [0.25, 0.3) is 0 Å². The molecular formula is C17H15N2O2+. The third kappa shape index (κ3) is 2.18. The first-order valence-corrected chi connectivity index (χ1v) is 6.88. The number of amides is 2. The molecule has 1 aliphatic rings. The molecule has 0 atom stereocenters. The van der Waals surface area contributed by atoms with E-state index in [-0.39, 0.29) is 17.7 Å². The van der Waals surface area contributed by atoms with Crippen LogP contribution in [0.1, 0.15) is 46.0 Å². The van der Waals surface area contributed by atoms with Gasteiger partial charge < -0.3 is 0 Å². The van der Waals surface area contributed by atoms with Crippen molar-refractivity contribution in [3.05, 3.63) is 65.2 Å². The number of carbonyl (C=O) groups is 2. The van der Waals surface area contributed by atoms with Gasteiger partial charge in [-0.25, -0.2) is 4.79 Å². The molecule has 1 aliphatic heterocycles. The topological polar surface area (TPSA) is 49.5 Å². The maximum Gasteiger partial charge on any atom is 0.451 e. The summed E-state index contributed by atoms with van der Waals surface area (Å²) in [7, 11) is 0.